The third-order valence-electron chi connectivity index (χ3n) is 3.29. The van der Waals surface area contributed by atoms with Crippen LogP contribution < -0.4 is 10.6 Å². The van der Waals surface area contributed by atoms with Gasteiger partial charge in [0.25, 0.3) is 0 Å². The molecule has 2 aromatic rings. The molecule has 0 radical (unpaired) electrons. The normalized spacial score (nSPS) is 18.6. The van der Waals surface area contributed by atoms with Crippen LogP contribution in [0.5, 0.6) is 0 Å². The van der Waals surface area contributed by atoms with E-state index in [0.717, 1.165) is 16.9 Å². The molecule has 0 aromatic heterocycles. The van der Waals surface area contributed by atoms with Crippen LogP contribution in [0.2, 0.25) is 0 Å². The van der Waals surface area contributed by atoms with E-state index in [1.807, 2.05) is 59.5 Å². The molecule has 0 saturated carbocycles. The van der Waals surface area contributed by atoms with Crippen molar-refractivity contribution < 1.29 is 4.79 Å². The molecule has 0 fully saturated rings. The van der Waals surface area contributed by atoms with E-state index in [1.165, 1.54) is 0 Å². The van der Waals surface area contributed by atoms with Gasteiger partial charge in [-0.3, -0.25) is 4.79 Å². The maximum Gasteiger partial charge on any atom is 0.173 e. The summed E-state index contributed by atoms with van der Waals surface area (Å²) in [5.74, 6) is 0.0533. The number of carbonyl (C=O) groups excluding carboxylic acids is 1. The van der Waals surface area contributed by atoms with Crippen LogP contribution in [0.1, 0.15) is 11.6 Å². The van der Waals surface area contributed by atoms with Crippen LogP contribution in [0, 0.1) is 0 Å². The summed E-state index contributed by atoms with van der Waals surface area (Å²) in [7, 11) is 0. The molecule has 0 bridgehead atoms. The van der Waals surface area contributed by atoms with Gasteiger partial charge in [-0.05, 0) is 18.2 Å². The van der Waals surface area contributed by atoms with Gasteiger partial charge in [-0.25, -0.2) is 0 Å². The molecule has 0 spiro atoms. The van der Waals surface area contributed by atoms with Gasteiger partial charge in [0.2, 0.25) is 0 Å². The fraction of sp³-hybridized carbons (Fsp3) is 0.133. The van der Waals surface area contributed by atoms with Gasteiger partial charge in [-0.2, -0.15) is 0 Å². The summed E-state index contributed by atoms with van der Waals surface area (Å²) in [6, 6.07) is 17.2. The van der Waals surface area contributed by atoms with Crippen LogP contribution in [0.3, 0.4) is 0 Å². The van der Waals surface area contributed by atoms with E-state index in [1.54, 1.807) is 0 Å². The quantitative estimate of drug-likeness (QED) is 0.829. The Morgan fingerprint density at radius 3 is 2.44 bits per heavy atom. The lowest BCUT2D eigenvalue weighted by Gasteiger charge is -2.33. The van der Waals surface area contributed by atoms with Crippen LogP contribution in [0.4, 0.5) is 11.4 Å². The first kappa shape index (κ1) is 11.0. The van der Waals surface area contributed by atoms with Crippen LogP contribution in [-0.4, -0.2) is 12.3 Å². The predicted octanol–water partition coefficient (Wildman–Crippen LogP) is 2.41. The summed E-state index contributed by atoms with van der Waals surface area (Å²) >= 11 is 0. The van der Waals surface area contributed by atoms with Crippen molar-refractivity contribution in [2.45, 2.75) is 6.04 Å². The van der Waals surface area contributed by atoms with Crippen molar-refractivity contribution in [2.75, 3.05) is 11.4 Å². The molecule has 18 heavy (non-hydrogen) atoms. The van der Waals surface area contributed by atoms with Crippen LogP contribution >= 0.6 is 0 Å². The molecule has 3 heteroatoms. The number of ketones is 1. The fourth-order valence-corrected chi connectivity index (χ4v) is 2.35. The second-order valence-corrected chi connectivity index (χ2v) is 4.42. The molecule has 1 atom stereocenters. The van der Waals surface area contributed by atoms with Crippen molar-refractivity contribution in [1.29, 1.82) is 0 Å². The maximum absolute atomic E-state index is 12.0. The third kappa shape index (κ3) is 1.69. The molecule has 0 aliphatic carbocycles. The van der Waals surface area contributed by atoms with Gasteiger partial charge in [0.15, 0.2) is 5.78 Å². The summed E-state index contributed by atoms with van der Waals surface area (Å²) < 4.78 is 0. The largest absolute Gasteiger partial charge is 0.334 e. The van der Waals surface area contributed by atoms with Gasteiger partial charge < -0.3 is 10.6 Å². The Labute approximate surface area is 106 Å². The van der Waals surface area contributed by atoms with Gasteiger partial charge in [0.1, 0.15) is 0 Å². The van der Waals surface area contributed by atoms with Crippen molar-refractivity contribution >= 4 is 17.2 Å². The maximum atomic E-state index is 12.0. The predicted molar refractivity (Wildman–Crippen MR) is 71.8 cm³/mol. The summed E-state index contributed by atoms with van der Waals surface area (Å²) in [6.07, 6.45) is 0. The second-order valence-electron chi connectivity index (χ2n) is 4.42. The number of Topliss-reactive ketones (excluding diaryl/α,β-unsaturated/α-hetero) is 1. The van der Waals surface area contributed by atoms with E-state index in [2.05, 4.69) is 0 Å². The summed E-state index contributed by atoms with van der Waals surface area (Å²) in [5, 5.41) is 0. The zero-order valence-electron chi connectivity index (χ0n) is 9.91. The average Bonchev–Trinajstić information content (AvgIpc) is 2.44. The van der Waals surface area contributed by atoms with E-state index in [0.29, 0.717) is 6.54 Å². The molecule has 1 heterocycles. The molecule has 1 aliphatic heterocycles. The number of benzene rings is 2. The molecule has 0 amide bonds. The first-order valence-electron chi connectivity index (χ1n) is 5.97. The topological polar surface area (TPSA) is 46.3 Å². The van der Waals surface area contributed by atoms with Gasteiger partial charge in [0.05, 0.1) is 12.6 Å². The number of hydrogen-bond donors (Lipinski definition) is 1. The summed E-state index contributed by atoms with van der Waals surface area (Å²) in [6.45, 7) is 0.336. The Balaban J connectivity index is 2.13. The molecular formula is C15H14N2O. The Bertz CT molecular complexity index is 580. The molecule has 3 nitrogen and oxygen atoms in total. The summed E-state index contributed by atoms with van der Waals surface area (Å²) in [4.78, 5) is 14.0. The van der Waals surface area contributed by atoms with E-state index in [4.69, 9.17) is 5.73 Å². The minimum atomic E-state index is -0.499. The van der Waals surface area contributed by atoms with Gasteiger partial charge >= 0.3 is 0 Å². The number of nitrogens with zero attached hydrogens (tertiary/aromatic N) is 1. The first-order chi connectivity index (χ1) is 8.77. The highest BCUT2D eigenvalue weighted by Crippen LogP contribution is 2.35. The zero-order valence-corrected chi connectivity index (χ0v) is 9.91. The third-order valence-corrected chi connectivity index (χ3v) is 3.29. The SMILES string of the molecule is NC1C(=O)CN(c2ccccc2)c2ccccc21. The Kier molecular flexibility index (Phi) is 2.61. The van der Waals surface area contributed by atoms with Gasteiger partial charge in [-0.15, -0.1) is 0 Å². The smallest absolute Gasteiger partial charge is 0.173 e. The Morgan fingerprint density at radius 1 is 1.00 bits per heavy atom. The first-order valence-corrected chi connectivity index (χ1v) is 5.97. The number of nitrogens with two attached hydrogens (primary N) is 1. The number of anilines is 2. The molecule has 1 unspecified atom stereocenters. The lowest BCUT2D eigenvalue weighted by Crippen LogP contribution is -2.38. The fourth-order valence-electron chi connectivity index (χ4n) is 2.35. The van der Waals surface area contributed by atoms with Crippen LogP contribution in [-0.2, 0) is 4.79 Å². The Hall–Kier alpha value is -2.13. The highest BCUT2D eigenvalue weighted by atomic mass is 16.1. The lowest BCUT2D eigenvalue weighted by atomic mass is 9.95. The van der Waals surface area contributed by atoms with Crippen LogP contribution in [0.15, 0.2) is 54.6 Å². The summed E-state index contributed by atoms with van der Waals surface area (Å²) in [5.41, 5.74) is 8.90. The van der Waals surface area contributed by atoms with E-state index in [9.17, 15) is 4.79 Å². The molecular weight excluding hydrogens is 224 g/mol. The number of hydrogen-bond acceptors (Lipinski definition) is 3. The highest BCUT2D eigenvalue weighted by Gasteiger charge is 2.29. The molecule has 2 N–H and O–H groups in total. The van der Waals surface area contributed by atoms with E-state index < -0.39 is 6.04 Å². The number of para-hydroxylation sites is 2. The van der Waals surface area contributed by atoms with Gasteiger partial charge in [0, 0.05) is 16.9 Å². The van der Waals surface area contributed by atoms with E-state index in [-0.39, 0.29) is 5.78 Å². The molecule has 0 saturated heterocycles. The standard InChI is InChI=1S/C15H14N2O/c16-15-12-8-4-5-9-13(12)17(10-14(15)18)11-6-2-1-3-7-11/h1-9,15H,10,16H2. The highest BCUT2D eigenvalue weighted by molar-refractivity contribution is 5.96. The van der Waals surface area contributed by atoms with Crippen molar-refractivity contribution in [1.82, 2.24) is 0 Å². The number of carbonyl (C=O) groups is 1. The van der Waals surface area contributed by atoms with Gasteiger partial charge in [-0.1, -0.05) is 36.4 Å². The molecule has 1 aliphatic rings. The van der Waals surface area contributed by atoms with Crippen molar-refractivity contribution in [3.63, 3.8) is 0 Å². The minimum absolute atomic E-state index is 0.0533. The average molecular weight is 238 g/mol. The number of rotatable bonds is 1. The molecule has 90 valence electrons. The Morgan fingerprint density at radius 2 is 1.67 bits per heavy atom. The van der Waals surface area contributed by atoms with Crippen molar-refractivity contribution in [3.05, 3.63) is 60.2 Å². The number of fused-ring (bicyclic) bond motifs is 1. The van der Waals surface area contributed by atoms with Crippen molar-refractivity contribution in [2.24, 2.45) is 5.73 Å². The minimum Gasteiger partial charge on any atom is -0.334 e. The monoisotopic (exact) mass is 238 g/mol. The van der Waals surface area contributed by atoms with Crippen molar-refractivity contribution in [3.8, 4) is 0 Å². The van der Waals surface area contributed by atoms with E-state index >= 15 is 0 Å². The molecule has 2 aromatic carbocycles. The zero-order chi connectivity index (χ0) is 12.5. The van der Waals surface area contributed by atoms with Crippen LogP contribution in [0.25, 0.3) is 0 Å². The second kappa shape index (κ2) is 4.27. The lowest BCUT2D eigenvalue weighted by molar-refractivity contribution is -0.119. The molecule has 3 rings (SSSR count).